The molecule has 2 fully saturated rings. The normalized spacial score (nSPS) is 22.1. The molecule has 1 aromatic rings. The lowest BCUT2D eigenvalue weighted by atomic mass is 9.93. The molecule has 2 saturated heterocycles. The second-order valence-electron chi connectivity index (χ2n) is 7.00. The van der Waals surface area contributed by atoms with Gasteiger partial charge in [0.1, 0.15) is 6.10 Å². The zero-order valence-electron chi connectivity index (χ0n) is 14.7. The number of hydrogen-bond acceptors (Lipinski definition) is 4. The van der Waals surface area contributed by atoms with Crippen LogP contribution in [0.3, 0.4) is 0 Å². The molecule has 0 aromatic heterocycles. The van der Waals surface area contributed by atoms with Crippen LogP contribution >= 0.6 is 0 Å². The molecule has 0 N–H and O–H groups in total. The van der Waals surface area contributed by atoms with Gasteiger partial charge in [-0.2, -0.15) is 0 Å². The third kappa shape index (κ3) is 4.20. The first-order valence-electron chi connectivity index (χ1n) is 8.91. The largest absolute Gasteiger partial charge is 0.493 e. The fourth-order valence-corrected chi connectivity index (χ4v) is 3.61. The van der Waals surface area contributed by atoms with Gasteiger partial charge in [0.05, 0.1) is 20.2 Å². The molecule has 5 nitrogen and oxygen atoms in total. The van der Waals surface area contributed by atoms with E-state index in [-0.39, 0.29) is 12.0 Å². The van der Waals surface area contributed by atoms with E-state index in [1.54, 1.807) is 7.11 Å². The van der Waals surface area contributed by atoms with E-state index in [0.29, 0.717) is 25.4 Å². The van der Waals surface area contributed by atoms with Crippen LogP contribution < -0.4 is 9.47 Å². The molecular weight excluding hydrogens is 304 g/mol. The van der Waals surface area contributed by atoms with Crippen LogP contribution in [0.1, 0.15) is 25.7 Å². The molecule has 2 aliphatic heterocycles. The van der Waals surface area contributed by atoms with Crippen molar-refractivity contribution in [3.63, 3.8) is 0 Å². The van der Waals surface area contributed by atoms with Gasteiger partial charge >= 0.3 is 0 Å². The Morgan fingerprint density at radius 2 is 1.96 bits per heavy atom. The van der Waals surface area contributed by atoms with Crippen molar-refractivity contribution in [2.24, 2.45) is 5.92 Å². The summed E-state index contributed by atoms with van der Waals surface area (Å²) in [4.78, 5) is 16.6. The van der Waals surface area contributed by atoms with Crippen LogP contribution in [0.15, 0.2) is 24.3 Å². The summed E-state index contributed by atoms with van der Waals surface area (Å²) in [6.07, 6.45) is 4.27. The molecular formula is C19H28N2O3. The van der Waals surface area contributed by atoms with Crippen molar-refractivity contribution in [3.05, 3.63) is 24.3 Å². The molecule has 0 spiro atoms. The molecule has 3 rings (SSSR count). The second kappa shape index (κ2) is 7.88. The zero-order chi connectivity index (χ0) is 16.9. The van der Waals surface area contributed by atoms with Gasteiger partial charge in [-0.1, -0.05) is 12.1 Å². The Hall–Kier alpha value is -1.75. The molecule has 1 atom stereocenters. The fourth-order valence-electron chi connectivity index (χ4n) is 3.61. The lowest BCUT2D eigenvalue weighted by Gasteiger charge is -2.39. The van der Waals surface area contributed by atoms with E-state index in [4.69, 9.17) is 9.47 Å². The van der Waals surface area contributed by atoms with Gasteiger partial charge in [-0.3, -0.25) is 4.79 Å². The third-order valence-corrected chi connectivity index (χ3v) is 5.05. The van der Waals surface area contributed by atoms with E-state index in [9.17, 15) is 4.79 Å². The van der Waals surface area contributed by atoms with Gasteiger partial charge in [0.2, 0.25) is 5.91 Å². The van der Waals surface area contributed by atoms with Crippen molar-refractivity contribution in [1.82, 2.24) is 9.80 Å². The van der Waals surface area contributed by atoms with Crippen LogP contribution in [0, 0.1) is 5.92 Å². The van der Waals surface area contributed by atoms with Gasteiger partial charge < -0.3 is 19.3 Å². The number of ether oxygens (including phenoxy) is 2. The molecule has 0 aliphatic carbocycles. The van der Waals surface area contributed by atoms with Gasteiger partial charge in [-0.05, 0) is 50.9 Å². The molecule has 0 radical (unpaired) electrons. The second-order valence-corrected chi connectivity index (χ2v) is 7.00. The highest BCUT2D eigenvalue weighted by Gasteiger charge is 2.32. The van der Waals surface area contributed by atoms with Gasteiger partial charge in [0, 0.05) is 13.0 Å². The Balaban J connectivity index is 1.39. The van der Waals surface area contributed by atoms with Gasteiger partial charge in [-0.25, -0.2) is 0 Å². The van der Waals surface area contributed by atoms with E-state index < -0.39 is 0 Å². The van der Waals surface area contributed by atoms with E-state index >= 15 is 0 Å². The Kier molecular flexibility index (Phi) is 5.61. The number of amides is 1. The number of para-hydroxylation sites is 2. The van der Waals surface area contributed by atoms with Gasteiger partial charge in [0.15, 0.2) is 11.5 Å². The minimum absolute atomic E-state index is 0.0751. The maximum absolute atomic E-state index is 12.3. The average molecular weight is 332 g/mol. The summed E-state index contributed by atoms with van der Waals surface area (Å²) >= 11 is 0. The Morgan fingerprint density at radius 1 is 1.21 bits per heavy atom. The summed E-state index contributed by atoms with van der Waals surface area (Å²) in [6, 6.07) is 7.65. The number of hydrogen-bond donors (Lipinski definition) is 0. The quantitative estimate of drug-likeness (QED) is 0.802. The topological polar surface area (TPSA) is 42.0 Å². The van der Waals surface area contributed by atoms with Crippen LogP contribution in [0.5, 0.6) is 11.5 Å². The number of benzene rings is 1. The molecule has 1 aromatic carbocycles. The van der Waals surface area contributed by atoms with Crippen molar-refractivity contribution in [2.45, 2.75) is 31.8 Å². The van der Waals surface area contributed by atoms with Gasteiger partial charge in [0.25, 0.3) is 0 Å². The minimum Gasteiger partial charge on any atom is -0.493 e. The smallest absolute Gasteiger partial charge is 0.222 e. The molecule has 0 saturated carbocycles. The Labute approximate surface area is 144 Å². The van der Waals surface area contributed by atoms with E-state index in [1.807, 2.05) is 29.2 Å². The first-order chi connectivity index (χ1) is 11.7. The van der Waals surface area contributed by atoms with E-state index in [1.165, 1.54) is 19.4 Å². The highest BCUT2D eigenvalue weighted by molar-refractivity contribution is 5.77. The number of methoxy groups -OCH3 is 1. The van der Waals surface area contributed by atoms with Crippen molar-refractivity contribution in [1.29, 1.82) is 0 Å². The maximum Gasteiger partial charge on any atom is 0.222 e. The highest BCUT2D eigenvalue weighted by atomic mass is 16.5. The zero-order valence-corrected chi connectivity index (χ0v) is 14.7. The summed E-state index contributed by atoms with van der Waals surface area (Å²) in [5, 5.41) is 0. The van der Waals surface area contributed by atoms with Crippen LogP contribution in [-0.4, -0.2) is 62.1 Å². The van der Waals surface area contributed by atoms with Crippen LogP contribution in [-0.2, 0) is 4.79 Å². The number of rotatable bonds is 6. The molecule has 5 heteroatoms. The summed E-state index contributed by atoms with van der Waals surface area (Å²) < 4.78 is 11.2. The minimum atomic E-state index is 0.0751. The van der Waals surface area contributed by atoms with Crippen molar-refractivity contribution in [2.75, 3.05) is 40.3 Å². The number of carbonyl (C=O) groups is 1. The van der Waals surface area contributed by atoms with Crippen LogP contribution in [0.4, 0.5) is 0 Å². The number of likely N-dealkylation sites (tertiary alicyclic amines) is 2. The molecule has 2 aliphatic rings. The fraction of sp³-hybridized carbons (Fsp3) is 0.632. The van der Waals surface area contributed by atoms with Crippen molar-refractivity contribution >= 4 is 5.91 Å². The van der Waals surface area contributed by atoms with Crippen LogP contribution in [0.2, 0.25) is 0 Å². The number of nitrogens with zero attached hydrogens (tertiary/aromatic N) is 2. The monoisotopic (exact) mass is 332 g/mol. The lowest BCUT2D eigenvalue weighted by molar-refractivity contribution is -0.140. The third-order valence-electron chi connectivity index (χ3n) is 5.05. The first-order valence-corrected chi connectivity index (χ1v) is 8.91. The summed E-state index contributed by atoms with van der Waals surface area (Å²) in [5.41, 5.74) is 0. The van der Waals surface area contributed by atoms with E-state index in [2.05, 4.69) is 11.9 Å². The maximum atomic E-state index is 12.3. The lowest BCUT2D eigenvalue weighted by Crippen LogP contribution is -2.56. The average Bonchev–Trinajstić information content (AvgIpc) is 2.56. The highest BCUT2D eigenvalue weighted by Crippen LogP contribution is 2.29. The van der Waals surface area contributed by atoms with Crippen LogP contribution in [0.25, 0.3) is 0 Å². The molecule has 0 bridgehead atoms. The molecule has 24 heavy (non-hydrogen) atoms. The van der Waals surface area contributed by atoms with Crippen molar-refractivity contribution in [3.8, 4) is 11.5 Å². The molecule has 0 unspecified atom stereocenters. The predicted molar refractivity (Wildman–Crippen MR) is 93.4 cm³/mol. The first kappa shape index (κ1) is 17.1. The standard InChI is InChI=1S/C19H28N2O3/c1-20-11-5-6-15(12-20)9-10-19(22)21-13-16(14-21)24-18-8-4-3-7-17(18)23-2/h3-4,7-8,15-16H,5-6,9-14H2,1-2H3/t15-/m0/s1. The summed E-state index contributed by atoms with van der Waals surface area (Å²) in [6.45, 7) is 3.69. The molecule has 2 heterocycles. The Morgan fingerprint density at radius 3 is 2.67 bits per heavy atom. The Bertz CT molecular complexity index is 557. The van der Waals surface area contributed by atoms with Crippen molar-refractivity contribution < 1.29 is 14.3 Å². The van der Waals surface area contributed by atoms with Gasteiger partial charge in [-0.15, -0.1) is 0 Å². The molecule has 132 valence electrons. The molecule has 1 amide bonds. The number of piperidine rings is 1. The SMILES string of the molecule is COc1ccccc1OC1CN(C(=O)CC[C@@H]2CCCN(C)C2)C1. The van der Waals surface area contributed by atoms with E-state index in [0.717, 1.165) is 24.5 Å². The summed E-state index contributed by atoms with van der Waals surface area (Å²) in [7, 11) is 3.81. The predicted octanol–water partition coefficient (Wildman–Crippen LogP) is 2.41. The summed E-state index contributed by atoms with van der Waals surface area (Å²) in [5.74, 6) is 2.43. The number of carbonyl (C=O) groups excluding carboxylic acids is 1.